The fourth-order valence-electron chi connectivity index (χ4n) is 1.76. The molecule has 11 heteroatoms. The lowest BCUT2D eigenvalue weighted by Crippen LogP contribution is -3.05. The van der Waals surface area contributed by atoms with E-state index in [1.165, 1.54) is 0 Å². The summed E-state index contributed by atoms with van der Waals surface area (Å²) in [5.74, 6) is 0. The molecule has 5 nitrogen and oxygen atoms in total. The Labute approximate surface area is 173 Å². The molecule has 0 saturated carbocycles. The quantitative estimate of drug-likeness (QED) is 0.373. The maximum absolute atomic E-state index is 12.3. The summed E-state index contributed by atoms with van der Waals surface area (Å²) in [5.41, 5.74) is -0.567. The number of carbonyl (C=O) groups excluding carboxylic acids is 1. The normalized spacial score (nSPS) is 16.5. The second-order valence-electron chi connectivity index (χ2n) is 7.72. The molecule has 0 aromatic rings. The van der Waals surface area contributed by atoms with E-state index in [1.54, 1.807) is 10.6 Å². The van der Waals surface area contributed by atoms with Crippen molar-refractivity contribution in [2.75, 3.05) is 0 Å². The van der Waals surface area contributed by atoms with Crippen LogP contribution in [0.25, 0.3) is 0 Å². The van der Waals surface area contributed by atoms with E-state index >= 15 is 0 Å². The molecule has 2 amide bonds. The van der Waals surface area contributed by atoms with Gasteiger partial charge in [0.15, 0.2) is 0 Å². The van der Waals surface area contributed by atoms with Gasteiger partial charge in [-0.2, -0.15) is 0 Å². The monoisotopic (exact) mass is 464 g/mol. The molecule has 0 aromatic carbocycles. The third-order valence-electron chi connectivity index (χ3n) is 2.61. The van der Waals surface area contributed by atoms with Gasteiger partial charge >= 0.3 is 6.03 Å². The smallest absolute Gasteiger partial charge is 0.319 e. The van der Waals surface area contributed by atoms with E-state index in [9.17, 15) is 4.79 Å². The Bertz CT molecular complexity index is 384. The first kappa shape index (κ1) is 24.9. The van der Waals surface area contributed by atoms with E-state index in [0.29, 0.717) is 0 Å². The minimum atomic E-state index is -1.71. The highest BCUT2D eigenvalue weighted by atomic mass is 35.6. The molecule has 0 bridgehead atoms. The summed E-state index contributed by atoms with van der Waals surface area (Å²) >= 11 is 35.7. The number of urea groups is 1. The molecular formula is C13H26Cl6N4O+2. The zero-order valence-corrected chi connectivity index (χ0v) is 19.0. The number of nitrogens with one attached hydrogen (secondary N) is 2. The molecule has 0 rings (SSSR count). The standard InChI is InChI=1S/C13H24Cl6N4O/c1-10(2,3)22-7(12(14,15)16)20-9(24)21-8(13(17,18)19)23-11(4,5)6/h7-8,22-23H,1-6H3,(H2,20,21,24)/p+2/t7-,8-/m1/s1. The molecule has 24 heavy (non-hydrogen) atoms. The van der Waals surface area contributed by atoms with Crippen LogP contribution in [0.1, 0.15) is 41.5 Å². The highest BCUT2D eigenvalue weighted by Gasteiger charge is 2.43. The number of rotatable bonds is 4. The van der Waals surface area contributed by atoms with Gasteiger partial charge in [-0.25, -0.2) is 4.79 Å². The van der Waals surface area contributed by atoms with Crippen LogP contribution in [-0.4, -0.2) is 37.0 Å². The summed E-state index contributed by atoms with van der Waals surface area (Å²) in [7, 11) is 0. The Morgan fingerprint density at radius 1 is 0.708 bits per heavy atom. The first-order chi connectivity index (χ1) is 10.3. The molecule has 0 spiro atoms. The maximum atomic E-state index is 12.3. The Morgan fingerprint density at radius 3 is 1.12 bits per heavy atom. The molecule has 0 aliphatic heterocycles. The van der Waals surface area contributed by atoms with Crippen molar-refractivity contribution in [3.8, 4) is 0 Å². The van der Waals surface area contributed by atoms with Crippen LogP contribution in [0.3, 0.4) is 0 Å². The van der Waals surface area contributed by atoms with E-state index < -0.39 is 25.9 Å². The van der Waals surface area contributed by atoms with Crippen LogP contribution in [-0.2, 0) is 0 Å². The van der Waals surface area contributed by atoms with Gasteiger partial charge in [0.05, 0.1) is 11.1 Å². The summed E-state index contributed by atoms with van der Waals surface area (Å²) in [5, 5.41) is 8.68. The lowest BCUT2D eigenvalue weighted by Gasteiger charge is -2.32. The first-order valence-corrected chi connectivity index (χ1v) is 9.50. The average Bonchev–Trinajstić information content (AvgIpc) is 2.20. The summed E-state index contributed by atoms with van der Waals surface area (Å²) in [4.78, 5) is 12.3. The molecule has 0 saturated heterocycles. The summed E-state index contributed by atoms with van der Waals surface area (Å²) in [6, 6.07) is -0.608. The van der Waals surface area contributed by atoms with Crippen LogP contribution >= 0.6 is 69.6 Å². The zero-order chi connectivity index (χ0) is 19.6. The van der Waals surface area contributed by atoms with Crippen LogP contribution < -0.4 is 21.3 Å². The highest BCUT2D eigenvalue weighted by molar-refractivity contribution is 6.68. The minimum Gasteiger partial charge on any atom is -0.319 e. The van der Waals surface area contributed by atoms with Crippen molar-refractivity contribution in [3.63, 3.8) is 0 Å². The number of hydrogen-bond acceptors (Lipinski definition) is 1. The fourth-order valence-corrected chi connectivity index (χ4v) is 2.47. The Morgan fingerprint density at radius 2 is 0.958 bits per heavy atom. The molecule has 0 heterocycles. The number of amides is 2. The SMILES string of the molecule is CC(C)(C)[NH2+][C@@H](NC(=O)N[C@H]([NH2+]C(C)(C)C)C(Cl)(Cl)Cl)C(Cl)(Cl)Cl. The number of alkyl halides is 6. The van der Waals surface area contributed by atoms with Crippen molar-refractivity contribution < 1.29 is 15.4 Å². The van der Waals surface area contributed by atoms with Gasteiger partial charge in [-0.1, -0.05) is 69.6 Å². The lowest BCUT2D eigenvalue weighted by atomic mass is 10.1. The van der Waals surface area contributed by atoms with Gasteiger partial charge in [0.25, 0.3) is 7.59 Å². The largest absolute Gasteiger partial charge is 0.324 e. The Kier molecular flexibility index (Phi) is 9.08. The molecule has 0 fully saturated rings. The van der Waals surface area contributed by atoms with Gasteiger partial charge in [-0.3, -0.25) is 10.6 Å². The van der Waals surface area contributed by atoms with Crippen molar-refractivity contribution >= 4 is 75.6 Å². The molecule has 6 N–H and O–H groups in total. The number of carbonyl (C=O) groups is 1. The predicted molar refractivity (Wildman–Crippen MR) is 103 cm³/mol. The van der Waals surface area contributed by atoms with Gasteiger partial charge in [-0.05, 0) is 41.5 Å². The van der Waals surface area contributed by atoms with Gasteiger partial charge < -0.3 is 10.6 Å². The molecule has 0 aromatic heterocycles. The third-order valence-corrected chi connectivity index (χ3v) is 4.02. The summed E-state index contributed by atoms with van der Waals surface area (Å²) < 4.78 is -3.43. The maximum Gasteiger partial charge on any atom is 0.324 e. The number of hydrogen-bond donors (Lipinski definition) is 4. The number of quaternary nitrogens is 2. The Balaban J connectivity index is 5.09. The van der Waals surface area contributed by atoms with Crippen molar-refractivity contribution in [1.82, 2.24) is 10.6 Å². The molecule has 144 valence electrons. The minimum absolute atomic E-state index is 0.284. The molecule has 0 aliphatic carbocycles. The lowest BCUT2D eigenvalue weighted by molar-refractivity contribution is -0.751. The van der Waals surface area contributed by atoms with E-state index in [1.807, 2.05) is 41.5 Å². The zero-order valence-electron chi connectivity index (χ0n) is 14.5. The third kappa shape index (κ3) is 11.5. The van der Waals surface area contributed by atoms with Gasteiger partial charge in [0.1, 0.15) is 0 Å². The van der Waals surface area contributed by atoms with Crippen LogP contribution in [0.4, 0.5) is 4.79 Å². The van der Waals surface area contributed by atoms with Gasteiger partial charge in [-0.15, -0.1) is 0 Å². The van der Waals surface area contributed by atoms with E-state index in [2.05, 4.69) is 10.6 Å². The van der Waals surface area contributed by atoms with Crippen LogP contribution in [0, 0.1) is 0 Å². The molecular weight excluding hydrogens is 441 g/mol. The van der Waals surface area contributed by atoms with Crippen molar-refractivity contribution in [2.24, 2.45) is 0 Å². The number of nitrogens with two attached hydrogens (primary N) is 2. The second kappa shape index (κ2) is 8.75. The summed E-state index contributed by atoms with van der Waals surface area (Å²) in [6.07, 6.45) is -1.65. The highest BCUT2D eigenvalue weighted by Crippen LogP contribution is 2.29. The van der Waals surface area contributed by atoms with E-state index in [4.69, 9.17) is 69.6 Å². The van der Waals surface area contributed by atoms with E-state index in [-0.39, 0.29) is 11.1 Å². The van der Waals surface area contributed by atoms with E-state index in [0.717, 1.165) is 0 Å². The second-order valence-corrected chi connectivity index (χ2v) is 12.5. The number of halogens is 6. The molecule has 0 radical (unpaired) electrons. The molecule has 2 atom stereocenters. The van der Waals surface area contributed by atoms with Crippen molar-refractivity contribution in [3.05, 3.63) is 0 Å². The predicted octanol–water partition coefficient (Wildman–Crippen LogP) is 2.40. The first-order valence-electron chi connectivity index (χ1n) is 7.24. The topological polar surface area (TPSA) is 74.3 Å². The van der Waals surface area contributed by atoms with Crippen LogP contribution in [0.5, 0.6) is 0 Å². The van der Waals surface area contributed by atoms with Crippen LogP contribution in [0.15, 0.2) is 0 Å². The van der Waals surface area contributed by atoms with Crippen molar-refractivity contribution in [2.45, 2.75) is 72.5 Å². The van der Waals surface area contributed by atoms with Crippen LogP contribution in [0.2, 0.25) is 0 Å². The fraction of sp³-hybridized carbons (Fsp3) is 0.923. The average molecular weight is 467 g/mol. The molecule has 0 unspecified atom stereocenters. The molecule has 0 aliphatic rings. The van der Waals surface area contributed by atoms with Gasteiger partial charge in [0, 0.05) is 0 Å². The van der Waals surface area contributed by atoms with Crippen molar-refractivity contribution in [1.29, 1.82) is 0 Å². The van der Waals surface area contributed by atoms with Gasteiger partial charge in [0.2, 0.25) is 12.3 Å². The Hall–Kier alpha value is 0.930. The summed E-state index contributed by atoms with van der Waals surface area (Å²) in [6.45, 7) is 11.5.